The van der Waals surface area contributed by atoms with Crippen LogP contribution in [0.4, 0.5) is 4.79 Å². The Balaban J connectivity index is 1.23. The average Bonchev–Trinajstić information content (AvgIpc) is 3.33. The predicted octanol–water partition coefficient (Wildman–Crippen LogP) is 1.97. The summed E-state index contributed by atoms with van der Waals surface area (Å²) in [6.45, 7) is 3.81. The first-order valence-corrected chi connectivity index (χ1v) is 10.9. The van der Waals surface area contributed by atoms with Gasteiger partial charge in [0, 0.05) is 51.0 Å². The number of carbonyl (C=O) groups excluding carboxylic acids is 3. The van der Waals surface area contributed by atoms with Crippen LogP contribution in [0, 0.1) is 5.92 Å². The van der Waals surface area contributed by atoms with Crippen LogP contribution in [0.15, 0.2) is 10.6 Å². The number of likely N-dealkylation sites (N-methyl/N-ethyl adjacent to an activating group) is 1. The van der Waals surface area contributed by atoms with Gasteiger partial charge in [-0.25, -0.2) is 4.79 Å². The van der Waals surface area contributed by atoms with Gasteiger partial charge < -0.3 is 24.4 Å². The summed E-state index contributed by atoms with van der Waals surface area (Å²) >= 11 is 0. The normalized spacial score (nSPS) is 26.0. The molecule has 0 bridgehead atoms. The second kappa shape index (κ2) is 8.28. The largest absolute Gasteiger partial charge is 0.441 e. The molecule has 0 radical (unpaired) electrons. The van der Waals surface area contributed by atoms with Gasteiger partial charge in [0.2, 0.25) is 11.7 Å². The van der Waals surface area contributed by atoms with Crippen LogP contribution in [0.3, 0.4) is 0 Å². The SMILES string of the molecule is CCc1cc(C(=O)NC2CCC(C(=O)N3CCC4(CC3)CN(C)C(=O)O4)CC2)on1. The molecule has 0 unspecified atom stereocenters. The van der Waals surface area contributed by atoms with Crippen molar-refractivity contribution in [3.8, 4) is 0 Å². The van der Waals surface area contributed by atoms with E-state index in [4.69, 9.17) is 9.26 Å². The van der Waals surface area contributed by atoms with E-state index < -0.39 is 5.60 Å². The number of hydrogen-bond donors (Lipinski definition) is 1. The minimum atomic E-state index is -0.428. The lowest BCUT2D eigenvalue weighted by Crippen LogP contribution is -2.50. The molecule has 3 fully saturated rings. The highest BCUT2D eigenvalue weighted by Crippen LogP contribution is 2.34. The summed E-state index contributed by atoms with van der Waals surface area (Å²) in [5.74, 6) is 0.188. The van der Waals surface area contributed by atoms with E-state index in [9.17, 15) is 14.4 Å². The average molecular weight is 418 g/mol. The fourth-order valence-corrected chi connectivity index (χ4v) is 4.77. The molecule has 3 amide bonds. The Hall–Kier alpha value is -2.58. The van der Waals surface area contributed by atoms with Crippen molar-refractivity contribution in [2.45, 2.75) is 63.5 Å². The molecule has 9 nitrogen and oxygen atoms in total. The molecule has 1 aromatic rings. The van der Waals surface area contributed by atoms with Gasteiger partial charge >= 0.3 is 6.09 Å². The van der Waals surface area contributed by atoms with Crippen LogP contribution in [-0.2, 0) is 16.0 Å². The van der Waals surface area contributed by atoms with Crippen molar-refractivity contribution in [2.24, 2.45) is 5.92 Å². The van der Waals surface area contributed by atoms with Crippen LogP contribution in [0.2, 0.25) is 0 Å². The standard InChI is InChI=1S/C21H30N4O5/c1-3-15-12-17(30-23-15)18(26)22-16-6-4-14(5-7-16)19(27)25-10-8-21(9-11-25)13-24(2)20(28)29-21/h12,14,16H,3-11,13H2,1-2H3,(H,22,26). The van der Waals surface area contributed by atoms with Gasteiger partial charge in [0.15, 0.2) is 0 Å². The summed E-state index contributed by atoms with van der Waals surface area (Å²) in [5, 5.41) is 6.86. The highest BCUT2D eigenvalue weighted by molar-refractivity contribution is 5.91. The Bertz CT molecular complexity index is 806. The van der Waals surface area contributed by atoms with E-state index in [1.165, 1.54) is 0 Å². The van der Waals surface area contributed by atoms with Crippen molar-refractivity contribution in [3.63, 3.8) is 0 Å². The molecule has 1 aromatic heterocycles. The third-order valence-electron chi connectivity index (χ3n) is 6.68. The van der Waals surface area contributed by atoms with Crippen LogP contribution in [-0.4, -0.2) is 71.2 Å². The summed E-state index contributed by atoms with van der Waals surface area (Å²) in [6, 6.07) is 1.72. The third-order valence-corrected chi connectivity index (χ3v) is 6.68. The van der Waals surface area contributed by atoms with E-state index in [2.05, 4.69) is 10.5 Å². The summed E-state index contributed by atoms with van der Waals surface area (Å²) < 4.78 is 10.7. The fraction of sp³-hybridized carbons (Fsp3) is 0.714. The molecule has 1 spiro atoms. The molecule has 1 saturated carbocycles. The zero-order chi connectivity index (χ0) is 21.3. The summed E-state index contributed by atoms with van der Waals surface area (Å²) in [4.78, 5) is 40.5. The number of piperidine rings is 1. The Morgan fingerprint density at radius 2 is 1.93 bits per heavy atom. The summed E-state index contributed by atoms with van der Waals surface area (Å²) in [5.41, 5.74) is 0.333. The van der Waals surface area contributed by atoms with Crippen molar-refractivity contribution >= 4 is 17.9 Å². The Kier molecular flexibility index (Phi) is 5.71. The molecule has 3 heterocycles. The van der Waals surface area contributed by atoms with Gasteiger partial charge in [0.25, 0.3) is 5.91 Å². The first kappa shape index (κ1) is 20.7. The molecular weight excluding hydrogens is 388 g/mol. The molecule has 30 heavy (non-hydrogen) atoms. The molecule has 2 aliphatic heterocycles. The summed E-state index contributed by atoms with van der Waals surface area (Å²) in [7, 11) is 1.75. The second-order valence-electron chi connectivity index (χ2n) is 8.79. The van der Waals surface area contributed by atoms with Crippen LogP contribution in [0.5, 0.6) is 0 Å². The highest BCUT2D eigenvalue weighted by atomic mass is 16.6. The summed E-state index contributed by atoms with van der Waals surface area (Å²) in [6.07, 6.45) is 4.91. The number of likely N-dealkylation sites (tertiary alicyclic amines) is 1. The molecular formula is C21H30N4O5. The Labute approximate surface area is 176 Å². The van der Waals surface area contributed by atoms with Gasteiger partial charge in [0.05, 0.1) is 12.2 Å². The molecule has 4 rings (SSSR count). The van der Waals surface area contributed by atoms with Gasteiger partial charge in [-0.3, -0.25) is 9.59 Å². The molecule has 1 aliphatic carbocycles. The molecule has 0 aromatic carbocycles. The third kappa shape index (κ3) is 4.15. The maximum Gasteiger partial charge on any atom is 0.410 e. The van der Waals surface area contributed by atoms with Crippen LogP contribution >= 0.6 is 0 Å². The van der Waals surface area contributed by atoms with E-state index >= 15 is 0 Å². The van der Waals surface area contributed by atoms with Gasteiger partial charge in [-0.05, 0) is 32.1 Å². The maximum atomic E-state index is 13.0. The molecule has 2 saturated heterocycles. The van der Waals surface area contributed by atoms with E-state index in [1.807, 2.05) is 11.8 Å². The number of aromatic nitrogens is 1. The maximum absolute atomic E-state index is 13.0. The zero-order valence-electron chi connectivity index (χ0n) is 17.7. The topological polar surface area (TPSA) is 105 Å². The Morgan fingerprint density at radius 1 is 1.23 bits per heavy atom. The molecule has 3 aliphatic rings. The van der Waals surface area contributed by atoms with E-state index in [0.29, 0.717) is 32.5 Å². The van der Waals surface area contributed by atoms with Crippen molar-refractivity contribution in [3.05, 3.63) is 17.5 Å². The molecule has 9 heteroatoms. The lowest BCUT2D eigenvalue weighted by atomic mass is 9.84. The van der Waals surface area contributed by atoms with E-state index in [-0.39, 0.29) is 35.6 Å². The highest BCUT2D eigenvalue weighted by Gasteiger charge is 2.46. The van der Waals surface area contributed by atoms with Crippen LogP contribution < -0.4 is 5.32 Å². The van der Waals surface area contributed by atoms with Gasteiger partial charge in [0.1, 0.15) is 5.60 Å². The lowest BCUT2D eigenvalue weighted by Gasteiger charge is -2.39. The monoisotopic (exact) mass is 418 g/mol. The van der Waals surface area contributed by atoms with E-state index in [0.717, 1.165) is 37.8 Å². The van der Waals surface area contributed by atoms with Crippen molar-refractivity contribution in [1.29, 1.82) is 0 Å². The number of nitrogens with one attached hydrogen (secondary N) is 1. The van der Waals surface area contributed by atoms with Crippen LogP contribution in [0.25, 0.3) is 0 Å². The predicted molar refractivity (Wildman–Crippen MR) is 107 cm³/mol. The molecule has 164 valence electrons. The van der Waals surface area contributed by atoms with Crippen molar-refractivity contribution in [1.82, 2.24) is 20.3 Å². The van der Waals surface area contributed by atoms with Crippen molar-refractivity contribution < 1.29 is 23.6 Å². The zero-order valence-corrected chi connectivity index (χ0v) is 17.7. The van der Waals surface area contributed by atoms with Gasteiger partial charge in [-0.15, -0.1) is 0 Å². The lowest BCUT2D eigenvalue weighted by molar-refractivity contribution is -0.140. The van der Waals surface area contributed by atoms with Gasteiger partial charge in [-0.1, -0.05) is 12.1 Å². The van der Waals surface area contributed by atoms with Crippen LogP contribution in [0.1, 0.15) is 61.7 Å². The Morgan fingerprint density at radius 3 is 2.50 bits per heavy atom. The van der Waals surface area contributed by atoms with E-state index in [1.54, 1.807) is 18.0 Å². The minimum Gasteiger partial charge on any atom is -0.441 e. The number of hydrogen-bond acceptors (Lipinski definition) is 6. The first-order valence-electron chi connectivity index (χ1n) is 10.9. The number of aryl methyl sites for hydroxylation is 1. The first-order chi connectivity index (χ1) is 14.4. The molecule has 1 N–H and O–H groups in total. The van der Waals surface area contributed by atoms with Gasteiger partial charge in [-0.2, -0.15) is 0 Å². The quantitative estimate of drug-likeness (QED) is 0.802. The number of amides is 3. The molecule has 0 atom stereocenters. The number of rotatable bonds is 4. The second-order valence-corrected chi connectivity index (χ2v) is 8.79. The number of nitrogens with zero attached hydrogens (tertiary/aromatic N) is 3. The number of ether oxygens (including phenoxy) is 1. The smallest absolute Gasteiger partial charge is 0.410 e. The van der Waals surface area contributed by atoms with Crippen molar-refractivity contribution in [2.75, 3.05) is 26.7 Å². The minimum absolute atomic E-state index is 0.00187. The number of carbonyl (C=O) groups is 3. The fourth-order valence-electron chi connectivity index (χ4n) is 4.77.